The molecule has 0 spiro atoms. The lowest BCUT2D eigenvalue weighted by molar-refractivity contribution is 0.102. The molecule has 3 aromatic rings. The largest absolute Gasteiger partial charge is 0.403 e. The summed E-state index contributed by atoms with van der Waals surface area (Å²) in [4.78, 5) is 16.5. The summed E-state index contributed by atoms with van der Waals surface area (Å²) < 4.78 is 32.6. The average Bonchev–Trinajstić information content (AvgIpc) is 3.23. The van der Waals surface area contributed by atoms with Crippen molar-refractivity contribution < 1.29 is 17.6 Å². The monoisotopic (exact) mass is 427 g/mol. The van der Waals surface area contributed by atoms with Crippen LogP contribution in [-0.2, 0) is 10.0 Å². The Balaban J connectivity index is 1.45. The number of rotatable bonds is 5. The lowest BCUT2D eigenvalue weighted by Gasteiger charge is -2.30. The molecule has 156 valence electrons. The van der Waals surface area contributed by atoms with Crippen LogP contribution in [0.25, 0.3) is 11.5 Å². The zero-order valence-electron chi connectivity index (χ0n) is 16.4. The van der Waals surface area contributed by atoms with E-state index < -0.39 is 15.9 Å². The number of amides is 1. The molecular formula is C20H21N5O4S. The van der Waals surface area contributed by atoms with Gasteiger partial charge in [0, 0.05) is 36.6 Å². The van der Waals surface area contributed by atoms with E-state index in [4.69, 9.17) is 4.42 Å². The Kier molecular flexibility index (Phi) is 5.60. The second-order valence-electron chi connectivity index (χ2n) is 7.24. The minimum absolute atomic E-state index is 0.0502. The van der Waals surface area contributed by atoms with Crippen LogP contribution < -0.4 is 5.32 Å². The van der Waals surface area contributed by atoms with Gasteiger partial charge in [-0.05, 0) is 55.2 Å². The van der Waals surface area contributed by atoms with Gasteiger partial charge in [0.15, 0.2) is 0 Å². The maximum Gasteiger partial charge on any atom is 0.322 e. The average molecular weight is 427 g/mol. The molecular weight excluding hydrogens is 406 g/mol. The van der Waals surface area contributed by atoms with Gasteiger partial charge in [-0.1, -0.05) is 12.0 Å². The predicted octanol–water partition coefficient (Wildman–Crippen LogP) is 2.80. The number of benzene rings is 1. The smallest absolute Gasteiger partial charge is 0.322 e. The number of carbonyl (C=O) groups is 1. The summed E-state index contributed by atoms with van der Waals surface area (Å²) in [6.45, 7) is 3.08. The minimum Gasteiger partial charge on any atom is -0.403 e. The van der Waals surface area contributed by atoms with Gasteiger partial charge < -0.3 is 4.42 Å². The fourth-order valence-corrected chi connectivity index (χ4v) is 4.94. The molecule has 4 rings (SSSR count). The van der Waals surface area contributed by atoms with Gasteiger partial charge in [0.05, 0.1) is 4.90 Å². The maximum absolute atomic E-state index is 12.8. The van der Waals surface area contributed by atoms with E-state index in [1.807, 2.05) is 6.92 Å². The zero-order valence-corrected chi connectivity index (χ0v) is 17.2. The molecule has 1 fully saturated rings. The third-order valence-corrected chi connectivity index (χ3v) is 6.83. The van der Waals surface area contributed by atoms with Crippen molar-refractivity contribution in [2.45, 2.75) is 24.7 Å². The van der Waals surface area contributed by atoms with Gasteiger partial charge >= 0.3 is 6.01 Å². The SMILES string of the molecule is C[C@@H]1CCCN(S(=O)(=O)c2ccc(C(=O)Nc3nnc(-c4ccncc4)o3)cc2)C1. The van der Waals surface area contributed by atoms with Gasteiger partial charge in [0.25, 0.3) is 5.91 Å². The van der Waals surface area contributed by atoms with E-state index in [0.29, 0.717) is 24.6 Å². The summed E-state index contributed by atoms with van der Waals surface area (Å²) >= 11 is 0. The van der Waals surface area contributed by atoms with Crippen molar-refractivity contribution in [3.63, 3.8) is 0 Å². The number of pyridine rings is 1. The second kappa shape index (κ2) is 8.33. The van der Waals surface area contributed by atoms with E-state index in [2.05, 4.69) is 20.5 Å². The third kappa shape index (κ3) is 4.24. The molecule has 0 saturated carbocycles. The van der Waals surface area contributed by atoms with E-state index in [9.17, 15) is 13.2 Å². The molecule has 2 aromatic heterocycles. The Morgan fingerprint density at radius 1 is 1.13 bits per heavy atom. The summed E-state index contributed by atoms with van der Waals surface area (Å²) in [5.41, 5.74) is 0.962. The lowest BCUT2D eigenvalue weighted by Crippen LogP contribution is -2.39. The van der Waals surface area contributed by atoms with Crippen LogP contribution in [0.3, 0.4) is 0 Å². The number of nitrogens with zero attached hydrogens (tertiary/aromatic N) is 4. The van der Waals surface area contributed by atoms with Gasteiger partial charge in [-0.25, -0.2) is 8.42 Å². The van der Waals surface area contributed by atoms with Crippen LogP contribution in [0.4, 0.5) is 6.01 Å². The van der Waals surface area contributed by atoms with Crippen LogP contribution in [0, 0.1) is 5.92 Å². The summed E-state index contributed by atoms with van der Waals surface area (Å²) in [6.07, 6.45) is 5.08. The molecule has 1 amide bonds. The van der Waals surface area contributed by atoms with Crippen molar-refractivity contribution in [2.24, 2.45) is 5.92 Å². The van der Waals surface area contributed by atoms with Crippen LogP contribution in [0.1, 0.15) is 30.1 Å². The van der Waals surface area contributed by atoms with Crippen molar-refractivity contribution in [3.8, 4) is 11.5 Å². The molecule has 9 nitrogen and oxygen atoms in total. The molecule has 1 aliphatic rings. The minimum atomic E-state index is -3.57. The standard InChI is InChI=1S/C20H21N5O4S/c1-14-3-2-12-25(13-14)30(27,28)17-6-4-15(5-7-17)18(26)22-20-24-23-19(29-20)16-8-10-21-11-9-16/h4-11,14H,2-3,12-13H2,1H3,(H,22,24,26)/t14-/m1/s1. The molecule has 0 bridgehead atoms. The van der Waals surface area contributed by atoms with E-state index in [0.717, 1.165) is 12.8 Å². The first-order valence-electron chi connectivity index (χ1n) is 9.59. The molecule has 0 radical (unpaired) electrons. The summed E-state index contributed by atoms with van der Waals surface area (Å²) in [6, 6.07) is 9.19. The van der Waals surface area contributed by atoms with Gasteiger partial charge in [-0.3, -0.25) is 15.1 Å². The quantitative estimate of drug-likeness (QED) is 0.665. The maximum atomic E-state index is 12.8. The summed E-state index contributed by atoms with van der Waals surface area (Å²) in [7, 11) is -3.57. The first-order chi connectivity index (χ1) is 14.4. The third-order valence-electron chi connectivity index (χ3n) is 4.95. The van der Waals surface area contributed by atoms with Crippen LogP contribution in [0.5, 0.6) is 0 Å². The predicted molar refractivity (Wildman–Crippen MR) is 109 cm³/mol. The van der Waals surface area contributed by atoms with E-state index in [-0.39, 0.29) is 22.4 Å². The molecule has 3 heterocycles. The van der Waals surface area contributed by atoms with Crippen molar-refractivity contribution in [1.29, 1.82) is 0 Å². The highest BCUT2D eigenvalue weighted by Gasteiger charge is 2.28. The Morgan fingerprint density at radius 3 is 2.57 bits per heavy atom. The topological polar surface area (TPSA) is 118 Å². The highest BCUT2D eigenvalue weighted by Crippen LogP contribution is 2.24. The lowest BCUT2D eigenvalue weighted by atomic mass is 10.0. The molecule has 0 unspecified atom stereocenters. The van der Waals surface area contributed by atoms with Crippen LogP contribution in [-0.4, -0.2) is 46.9 Å². The number of anilines is 1. The van der Waals surface area contributed by atoms with Gasteiger partial charge in [0.2, 0.25) is 15.9 Å². The normalized spacial score (nSPS) is 17.6. The van der Waals surface area contributed by atoms with Gasteiger partial charge in [0.1, 0.15) is 0 Å². The van der Waals surface area contributed by atoms with Crippen molar-refractivity contribution >= 4 is 21.9 Å². The van der Waals surface area contributed by atoms with Crippen molar-refractivity contribution in [1.82, 2.24) is 19.5 Å². The van der Waals surface area contributed by atoms with Gasteiger partial charge in [-0.15, -0.1) is 5.10 Å². The number of nitrogens with one attached hydrogen (secondary N) is 1. The Bertz CT molecular complexity index is 1130. The molecule has 0 aliphatic carbocycles. The first kappa shape index (κ1) is 20.2. The summed E-state index contributed by atoms with van der Waals surface area (Å²) in [5.74, 6) is 0.116. The highest BCUT2D eigenvalue weighted by atomic mass is 32.2. The molecule has 1 N–H and O–H groups in total. The zero-order chi connectivity index (χ0) is 21.1. The van der Waals surface area contributed by atoms with E-state index in [1.54, 1.807) is 24.5 Å². The van der Waals surface area contributed by atoms with Crippen LogP contribution in [0.2, 0.25) is 0 Å². The highest BCUT2D eigenvalue weighted by molar-refractivity contribution is 7.89. The van der Waals surface area contributed by atoms with E-state index >= 15 is 0 Å². The summed E-state index contributed by atoms with van der Waals surface area (Å²) in [5, 5.41) is 10.2. The Morgan fingerprint density at radius 2 is 1.87 bits per heavy atom. The number of carbonyl (C=O) groups excluding carboxylic acids is 1. The first-order valence-corrected chi connectivity index (χ1v) is 11.0. The number of piperidine rings is 1. The molecule has 10 heteroatoms. The molecule has 1 atom stereocenters. The number of aromatic nitrogens is 3. The second-order valence-corrected chi connectivity index (χ2v) is 9.18. The number of sulfonamides is 1. The fraction of sp³-hybridized carbons (Fsp3) is 0.300. The number of hydrogen-bond acceptors (Lipinski definition) is 7. The fourth-order valence-electron chi connectivity index (χ4n) is 3.35. The van der Waals surface area contributed by atoms with Crippen LogP contribution >= 0.6 is 0 Å². The molecule has 1 aliphatic heterocycles. The van der Waals surface area contributed by atoms with Crippen LogP contribution in [0.15, 0.2) is 58.1 Å². The number of hydrogen-bond donors (Lipinski definition) is 1. The Labute approximate surface area is 174 Å². The molecule has 1 saturated heterocycles. The van der Waals surface area contributed by atoms with E-state index in [1.165, 1.54) is 28.6 Å². The molecule has 30 heavy (non-hydrogen) atoms. The van der Waals surface area contributed by atoms with Gasteiger partial charge in [-0.2, -0.15) is 4.31 Å². The van der Waals surface area contributed by atoms with Crippen molar-refractivity contribution in [2.75, 3.05) is 18.4 Å². The molecule has 1 aromatic carbocycles. The Hall–Kier alpha value is -3.11. The van der Waals surface area contributed by atoms with Crippen molar-refractivity contribution in [3.05, 3.63) is 54.4 Å².